The maximum absolute atomic E-state index is 12.1. The number of para-hydroxylation sites is 1. The highest BCUT2D eigenvalue weighted by atomic mass is 16.5. The molecule has 116 valence electrons. The predicted octanol–water partition coefficient (Wildman–Crippen LogP) is 1.17. The lowest BCUT2D eigenvalue weighted by Gasteiger charge is -2.24. The molecule has 1 aromatic rings. The van der Waals surface area contributed by atoms with Crippen molar-refractivity contribution in [2.24, 2.45) is 0 Å². The van der Waals surface area contributed by atoms with Gasteiger partial charge in [-0.3, -0.25) is 4.79 Å². The maximum atomic E-state index is 12.1. The molecule has 5 nitrogen and oxygen atoms in total. The Balaban J connectivity index is 1.83. The highest BCUT2D eigenvalue weighted by Gasteiger charge is 2.17. The third kappa shape index (κ3) is 5.36. The Kier molecular flexibility index (Phi) is 6.50. The monoisotopic (exact) mass is 292 g/mol. The van der Waals surface area contributed by atoms with E-state index in [9.17, 15) is 4.79 Å². The molecule has 21 heavy (non-hydrogen) atoms. The molecule has 0 aliphatic carbocycles. The Morgan fingerprint density at radius 1 is 1.38 bits per heavy atom. The summed E-state index contributed by atoms with van der Waals surface area (Å²) in [7, 11) is 0. The summed E-state index contributed by atoms with van der Waals surface area (Å²) in [5, 5.41) is 11.9. The number of amides is 1. The quantitative estimate of drug-likeness (QED) is 0.755. The van der Waals surface area contributed by atoms with Crippen LogP contribution in [0.2, 0.25) is 0 Å². The molecule has 1 amide bonds. The lowest BCUT2D eigenvalue weighted by atomic mass is 10.2. The van der Waals surface area contributed by atoms with Crippen molar-refractivity contribution in [2.75, 3.05) is 37.7 Å². The van der Waals surface area contributed by atoms with Gasteiger partial charge in [0.15, 0.2) is 0 Å². The van der Waals surface area contributed by atoms with E-state index >= 15 is 0 Å². The van der Waals surface area contributed by atoms with E-state index in [2.05, 4.69) is 5.32 Å². The fourth-order valence-electron chi connectivity index (χ4n) is 2.46. The standard InChI is InChI=1S/C16H24N2O3/c19-10-5-9-18(14-6-2-1-3-7-14)13-16(20)17-12-15-8-4-11-21-15/h1-3,6-7,15,19H,4-5,8-13H2,(H,17,20). The number of carbonyl (C=O) groups is 1. The van der Waals surface area contributed by atoms with Crippen molar-refractivity contribution in [3.63, 3.8) is 0 Å². The minimum Gasteiger partial charge on any atom is -0.396 e. The molecule has 0 spiro atoms. The van der Waals surface area contributed by atoms with Crippen LogP contribution in [-0.4, -0.2) is 50.0 Å². The Morgan fingerprint density at radius 3 is 2.86 bits per heavy atom. The SMILES string of the molecule is O=C(CN(CCCO)c1ccccc1)NCC1CCCO1. The van der Waals surface area contributed by atoms with Crippen molar-refractivity contribution in [3.8, 4) is 0 Å². The second kappa shape index (κ2) is 8.64. The Bertz CT molecular complexity index is 419. The number of benzene rings is 1. The van der Waals surface area contributed by atoms with Crippen LogP contribution in [0, 0.1) is 0 Å². The van der Waals surface area contributed by atoms with Gasteiger partial charge in [0, 0.05) is 32.0 Å². The molecule has 1 fully saturated rings. The van der Waals surface area contributed by atoms with Gasteiger partial charge in [-0.05, 0) is 31.4 Å². The van der Waals surface area contributed by atoms with Crippen molar-refractivity contribution in [3.05, 3.63) is 30.3 Å². The Hall–Kier alpha value is -1.59. The Labute approximate surface area is 125 Å². The van der Waals surface area contributed by atoms with Crippen LogP contribution in [0.25, 0.3) is 0 Å². The molecular weight excluding hydrogens is 268 g/mol. The van der Waals surface area contributed by atoms with Crippen LogP contribution in [0.1, 0.15) is 19.3 Å². The number of nitrogens with zero attached hydrogens (tertiary/aromatic N) is 1. The summed E-state index contributed by atoms with van der Waals surface area (Å²) in [6.45, 7) is 2.47. The van der Waals surface area contributed by atoms with Gasteiger partial charge in [0.1, 0.15) is 0 Å². The van der Waals surface area contributed by atoms with Crippen LogP contribution in [-0.2, 0) is 9.53 Å². The van der Waals surface area contributed by atoms with Crippen LogP contribution in [0.3, 0.4) is 0 Å². The average Bonchev–Trinajstić information content (AvgIpc) is 3.03. The first-order valence-electron chi connectivity index (χ1n) is 7.59. The van der Waals surface area contributed by atoms with Gasteiger partial charge in [0.25, 0.3) is 0 Å². The molecule has 0 saturated carbocycles. The van der Waals surface area contributed by atoms with Gasteiger partial charge in [-0.15, -0.1) is 0 Å². The van der Waals surface area contributed by atoms with Gasteiger partial charge in [0.05, 0.1) is 12.6 Å². The van der Waals surface area contributed by atoms with Crippen LogP contribution in [0.15, 0.2) is 30.3 Å². The first-order chi connectivity index (χ1) is 10.3. The highest BCUT2D eigenvalue weighted by Crippen LogP contribution is 2.13. The smallest absolute Gasteiger partial charge is 0.239 e. The van der Waals surface area contributed by atoms with Crippen molar-refractivity contribution >= 4 is 11.6 Å². The fraction of sp³-hybridized carbons (Fsp3) is 0.562. The summed E-state index contributed by atoms with van der Waals surface area (Å²) in [4.78, 5) is 14.1. The third-order valence-corrected chi connectivity index (χ3v) is 3.59. The fourth-order valence-corrected chi connectivity index (χ4v) is 2.46. The molecule has 1 saturated heterocycles. The number of aliphatic hydroxyl groups is 1. The van der Waals surface area contributed by atoms with E-state index in [4.69, 9.17) is 9.84 Å². The normalized spacial score (nSPS) is 17.7. The number of rotatable bonds is 8. The van der Waals surface area contributed by atoms with Gasteiger partial charge in [-0.2, -0.15) is 0 Å². The largest absolute Gasteiger partial charge is 0.396 e. The molecule has 1 aromatic carbocycles. The Morgan fingerprint density at radius 2 is 2.19 bits per heavy atom. The lowest BCUT2D eigenvalue weighted by Crippen LogP contribution is -2.40. The van der Waals surface area contributed by atoms with E-state index in [0.717, 1.165) is 25.1 Å². The minimum absolute atomic E-state index is 0.00714. The summed E-state index contributed by atoms with van der Waals surface area (Å²) in [5.41, 5.74) is 0.998. The lowest BCUT2D eigenvalue weighted by molar-refractivity contribution is -0.120. The summed E-state index contributed by atoms with van der Waals surface area (Å²) < 4.78 is 5.50. The molecular formula is C16H24N2O3. The molecule has 0 aromatic heterocycles. The van der Waals surface area contributed by atoms with Crippen LogP contribution in [0.4, 0.5) is 5.69 Å². The highest BCUT2D eigenvalue weighted by molar-refractivity contribution is 5.81. The number of nitrogens with one attached hydrogen (secondary N) is 1. The molecule has 1 unspecified atom stereocenters. The first kappa shape index (κ1) is 15.8. The summed E-state index contributed by atoms with van der Waals surface area (Å²) in [5.74, 6) is -0.00714. The van der Waals surface area contributed by atoms with Crippen molar-refractivity contribution in [2.45, 2.75) is 25.4 Å². The molecule has 5 heteroatoms. The van der Waals surface area contributed by atoms with Crippen molar-refractivity contribution < 1.29 is 14.6 Å². The van der Waals surface area contributed by atoms with Crippen LogP contribution < -0.4 is 10.2 Å². The second-order valence-corrected chi connectivity index (χ2v) is 5.27. The summed E-state index contributed by atoms with van der Waals surface area (Å²) >= 11 is 0. The second-order valence-electron chi connectivity index (χ2n) is 5.27. The molecule has 2 rings (SSSR count). The maximum Gasteiger partial charge on any atom is 0.239 e. The third-order valence-electron chi connectivity index (χ3n) is 3.59. The predicted molar refractivity (Wildman–Crippen MR) is 82.3 cm³/mol. The number of carbonyl (C=O) groups excluding carboxylic acids is 1. The molecule has 0 radical (unpaired) electrons. The van der Waals surface area contributed by atoms with E-state index in [1.165, 1.54) is 0 Å². The molecule has 2 N–H and O–H groups in total. The molecule has 1 aliphatic heterocycles. The van der Waals surface area contributed by atoms with Crippen LogP contribution >= 0.6 is 0 Å². The van der Waals surface area contributed by atoms with Crippen LogP contribution in [0.5, 0.6) is 0 Å². The van der Waals surface area contributed by atoms with Gasteiger partial charge >= 0.3 is 0 Å². The summed E-state index contributed by atoms with van der Waals surface area (Å²) in [6.07, 6.45) is 2.91. The number of anilines is 1. The van der Waals surface area contributed by atoms with Crippen molar-refractivity contribution in [1.82, 2.24) is 5.32 Å². The molecule has 1 aliphatic rings. The minimum atomic E-state index is -0.00714. The molecule has 1 heterocycles. The molecule has 1 atom stereocenters. The zero-order valence-electron chi connectivity index (χ0n) is 12.3. The van der Waals surface area contributed by atoms with E-state index < -0.39 is 0 Å². The number of aliphatic hydroxyl groups excluding tert-OH is 1. The van der Waals surface area contributed by atoms with Gasteiger partial charge in [-0.1, -0.05) is 18.2 Å². The van der Waals surface area contributed by atoms with Crippen molar-refractivity contribution in [1.29, 1.82) is 0 Å². The number of ether oxygens (including phenoxy) is 1. The van der Waals surface area contributed by atoms with E-state index in [0.29, 0.717) is 26.1 Å². The first-order valence-corrected chi connectivity index (χ1v) is 7.59. The number of hydrogen-bond donors (Lipinski definition) is 2. The summed E-state index contributed by atoms with van der Waals surface area (Å²) in [6, 6.07) is 9.80. The number of hydrogen-bond acceptors (Lipinski definition) is 4. The van der Waals surface area contributed by atoms with E-state index in [1.54, 1.807) is 0 Å². The zero-order valence-corrected chi connectivity index (χ0v) is 12.3. The topological polar surface area (TPSA) is 61.8 Å². The van der Waals surface area contributed by atoms with E-state index in [-0.39, 0.29) is 18.6 Å². The van der Waals surface area contributed by atoms with Gasteiger partial charge in [0.2, 0.25) is 5.91 Å². The zero-order chi connectivity index (χ0) is 14.9. The van der Waals surface area contributed by atoms with Gasteiger partial charge in [-0.25, -0.2) is 0 Å². The van der Waals surface area contributed by atoms with E-state index in [1.807, 2.05) is 35.2 Å². The van der Waals surface area contributed by atoms with Gasteiger partial charge < -0.3 is 20.1 Å². The molecule has 0 bridgehead atoms. The average molecular weight is 292 g/mol.